The lowest BCUT2D eigenvalue weighted by atomic mass is 9.97. The maximum atomic E-state index is 6.34. The Morgan fingerprint density at radius 2 is 1.22 bits per heavy atom. The van der Waals surface area contributed by atoms with Gasteiger partial charge in [-0.05, 0) is 44.9 Å². The predicted octanol–water partition coefficient (Wildman–Crippen LogP) is 7.45. The predicted molar refractivity (Wildman–Crippen MR) is 184 cm³/mol. The normalized spacial score (nSPS) is 36.1. The summed E-state index contributed by atoms with van der Waals surface area (Å²) in [4.78, 5) is 0. The minimum Gasteiger partial charge on any atom is -0.377 e. The maximum Gasteiger partial charge on any atom is 0.0586 e. The molecule has 5 unspecified atom stereocenters. The lowest BCUT2D eigenvalue weighted by Gasteiger charge is -2.33. The third kappa shape index (κ3) is 12.1. The smallest absolute Gasteiger partial charge is 0.0586 e. The highest BCUT2D eigenvalue weighted by Crippen LogP contribution is 2.51. The third-order valence-electron chi connectivity index (χ3n) is 7.81. The Bertz CT molecular complexity index is 638. The fourth-order valence-corrected chi connectivity index (χ4v) is 14.3. The van der Waals surface area contributed by atoms with E-state index in [-0.39, 0.29) is 0 Å². The third-order valence-corrected chi connectivity index (χ3v) is 17.6. The molecule has 0 aromatic rings. The first-order chi connectivity index (χ1) is 18.2. The van der Waals surface area contributed by atoms with E-state index < -0.39 is 0 Å². The summed E-state index contributed by atoms with van der Waals surface area (Å²) in [5.41, 5.74) is 0.427. The molecular weight excluding hydrogens is 613 g/mol. The van der Waals surface area contributed by atoms with Crippen LogP contribution < -0.4 is 0 Å². The monoisotopic (exact) mass is 658 g/mol. The molecular formula is C27H46O2S8. The molecule has 0 radical (unpaired) electrons. The van der Waals surface area contributed by atoms with Crippen molar-refractivity contribution >= 4 is 95.0 Å². The molecule has 2 aliphatic carbocycles. The lowest BCUT2D eigenvalue weighted by Crippen LogP contribution is -2.34. The van der Waals surface area contributed by atoms with Crippen molar-refractivity contribution in [3.05, 3.63) is 0 Å². The van der Waals surface area contributed by atoms with E-state index in [2.05, 4.69) is 95.0 Å². The zero-order valence-corrected chi connectivity index (χ0v) is 28.7. The molecule has 0 aromatic heterocycles. The Morgan fingerprint density at radius 3 is 1.78 bits per heavy atom. The number of thiol groups is 1. The van der Waals surface area contributed by atoms with Crippen molar-refractivity contribution in [1.82, 2.24) is 0 Å². The average Bonchev–Trinajstić information content (AvgIpc) is 3.75. The molecule has 0 bridgehead atoms. The van der Waals surface area contributed by atoms with E-state index in [1.54, 1.807) is 0 Å². The van der Waals surface area contributed by atoms with Crippen molar-refractivity contribution in [2.45, 2.75) is 83.4 Å². The second-order valence-electron chi connectivity index (χ2n) is 11.4. The largest absolute Gasteiger partial charge is 0.377 e. The number of rotatable bonds is 20. The SMILES string of the molecule is SC1CCC(OCCSCC(CSCCOC2CCC3SC3C2)(CSCC2CS2)CSCC2CS2)CC1. The summed E-state index contributed by atoms with van der Waals surface area (Å²) in [6.45, 7) is 1.86. The van der Waals surface area contributed by atoms with Crippen molar-refractivity contribution in [3.8, 4) is 0 Å². The fraction of sp³-hybridized carbons (Fsp3) is 1.00. The van der Waals surface area contributed by atoms with E-state index in [1.165, 1.54) is 91.0 Å². The Morgan fingerprint density at radius 1 is 0.676 bits per heavy atom. The standard InChI is InChI=1S/C27H46O2S8/c30-22-4-1-20(2-5-22)28-7-9-31-16-27(18-33-12-23-14-35-23,19-34-13-24-15-36-24)17-32-10-8-29-21-3-6-25-26(11-21)37-25/h20-26,30H,1-19H2. The number of fused-ring (bicyclic) bond motifs is 1. The van der Waals surface area contributed by atoms with Gasteiger partial charge in [0, 0.05) is 89.2 Å². The van der Waals surface area contributed by atoms with Crippen LogP contribution >= 0.6 is 95.0 Å². The molecule has 3 aliphatic heterocycles. The first-order valence-electron chi connectivity index (χ1n) is 14.3. The van der Waals surface area contributed by atoms with Crippen LogP contribution in [0.1, 0.15) is 44.9 Å². The molecule has 0 spiro atoms. The molecule has 5 rings (SSSR count). The molecule has 2 nitrogen and oxygen atoms in total. The minimum atomic E-state index is 0.427. The second kappa shape index (κ2) is 16.5. The van der Waals surface area contributed by atoms with Gasteiger partial charge in [0.05, 0.1) is 25.4 Å². The van der Waals surface area contributed by atoms with Gasteiger partial charge in [-0.25, -0.2) is 0 Å². The van der Waals surface area contributed by atoms with Crippen LogP contribution in [0, 0.1) is 5.41 Å². The van der Waals surface area contributed by atoms with Crippen LogP contribution in [0.2, 0.25) is 0 Å². The summed E-state index contributed by atoms with van der Waals surface area (Å²) < 4.78 is 12.6. The quantitative estimate of drug-likeness (QED) is 0.0810. The van der Waals surface area contributed by atoms with Gasteiger partial charge in [0.2, 0.25) is 0 Å². The Balaban J connectivity index is 1.04. The van der Waals surface area contributed by atoms with E-state index in [0.717, 1.165) is 45.7 Å². The molecule has 214 valence electrons. The Labute approximate surface area is 261 Å². The van der Waals surface area contributed by atoms with E-state index in [1.807, 2.05) is 0 Å². The molecule has 5 fully saturated rings. The maximum absolute atomic E-state index is 6.34. The summed E-state index contributed by atoms with van der Waals surface area (Å²) in [5.74, 6) is 13.0. The van der Waals surface area contributed by atoms with Crippen LogP contribution in [0.3, 0.4) is 0 Å². The van der Waals surface area contributed by atoms with E-state index in [0.29, 0.717) is 22.9 Å². The molecule has 10 heteroatoms. The molecule has 0 aromatic carbocycles. The fourth-order valence-electron chi connectivity index (χ4n) is 5.25. The highest BCUT2D eigenvalue weighted by molar-refractivity contribution is 8.09. The summed E-state index contributed by atoms with van der Waals surface area (Å²) in [7, 11) is 0. The van der Waals surface area contributed by atoms with E-state index in [9.17, 15) is 0 Å². The lowest BCUT2D eigenvalue weighted by molar-refractivity contribution is 0.0397. The highest BCUT2D eigenvalue weighted by atomic mass is 32.2. The topological polar surface area (TPSA) is 18.5 Å². The molecule has 2 saturated carbocycles. The molecule has 37 heavy (non-hydrogen) atoms. The van der Waals surface area contributed by atoms with Gasteiger partial charge in [-0.2, -0.15) is 95.0 Å². The molecule has 3 saturated heterocycles. The Hall–Kier alpha value is 2.72. The Kier molecular flexibility index (Phi) is 13.9. The van der Waals surface area contributed by atoms with Gasteiger partial charge >= 0.3 is 0 Å². The average molecular weight is 659 g/mol. The van der Waals surface area contributed by atoms with Gasteiger partial charge < -0.3 is 9.47 Å². The summed E-state index contributed by atoms with van der Waals surface area (Å²) in [6.07, 6.45) is 9.86. The van der Waals surface area contributed by atoms with Crippen LogP contribution in [0.5, 0.6) is 0 Å². The van der Waals surface area contributed by atoms with E-state index >= 15 is 0 Å². The van der Waals surface area contributed by atoms with Gasteiger partial charge in [-0.1, -0.05) is 0 Å². The van der Waals surface area contributed by atoms with Crippen LogP contribution in [0.4, 0.5) is 0 Å². The molecule has 0 amide bonds. The highest BCUT2D eigenvalue weighted by Gasteiger charge is 2.43. The van der Waals surface area contributed by atoms with Crippen molar-refractivity contribution in [2.24, 2.45) is 5.41 Å². The zero-order chi connectivity index (χ0) is 25.3. The van der Waals surface area contributed by atoms with Crippen LogP contribution in [0.25, 0.3) is 0 Å². The second-order valence-corrected chi connectivity index (χ2v) is 20.5. The van der Waals surface area contributed by atoms with Gasteiger partial charge in [0.15, 0.2) is 0 Å². The number of ether oxygens (including phenoxy) is 2. The number of hydrogen-bond donors (Lipinski definition) is 1. The summed E-state index contributed by atoms with van der Waals surface area (Å²) in [6, 6.07) is 0. The molecule has 0 N–H and O–H groups in total. The molecule has 5 atom stereocenters. The first-order valence-corrected chi connectivity index (χ1v) is 22.5. The summed E-state index contributed by atoms with van der Waals surface area (Å²) in [5, 5.41) is 4.39. The van der Waals surface area contributed by atoms with Crippen LogP contribution in [-0.2, 0) is 9.47 Å². The van der Waals surface area contributed by atoms with Crippen molar-refractivity contribution in [2.75, 3.05) is 70.7 Å². The van der Waals surface area contributed by atoms with Gasteiger partial charge in [0.25, 0.3) is 0 Å². The van der Waals surface area contributed by atoms with E-state index in [4.69, 9.17) is 9.47 Å². The first kappa shape index (κ1) is 31.2. The van der Waals surface area contributed by atoms with Crippen LogP contribution in [-0.4, -0.2) is 109 Å². The van der Waals surface area contributed by atoms with Gasteiger partial charge in [0.1, 0.15) is 0 Å². The van der Waals surface area contributed by atoms with Crippen molar-refractivity contribution in [1.29, 1.82) is 0 Å². The summed E-state index contributed by atoms with van der Waals surface area (Å²) >= 11 is 20.0. The van der Waals surface area contributed by atoms with Gasteiger partial charge in [-0.15, -0.1) is 0 Å². The van der Waals surface area contributed by atoms with Crippen LogP contribution in [0.15, 0.2) is 0 Å². The minimum absolute atomic E-state index is 0.427. The molecule has 5 aliphatic rings. The number of thioether (sulfide) groups is 7. The number of hydrogen-bond acceptors (Lipinski definition) is 10. The van der Waals surface area contributed by atoms with Crippen molar-refractivity contribution < 1.29 is 9.47 Å². The van der Waals surface area contributed by atoms with Crippen molar-refractivity contribution in [3.63, 3.8) is 0 Å². The van der Waals surface area contributed by atoms with Gasteiger partial charge in [-0.3, -0.25) is 0 Å². The molecule has 3 heterocycles. The zero-order valence-electron chi connectivity index (χ0n) is 22.1.